The van der Waals surface area contributed by atoms with Crippen molar-refractivity contribution in [3.05, 3.63) is 58.6 Å². The predicted octanol–water partition coefficient (Wildman–Crippen LogP) is 3.54. The molecule has 2 aromatic carbocycles. The number of hydrogen-bond acceptors (Lipinski definition) is 3. The third-order valence-corrected chi connectivity index (χ3v) is 3.08. The summed E-state index contributed by atoms with van der Waals surface area (Å²) in [7, 11) is 0. The van der Waals surface area contributed by atoms with Crippen molar-refractivity contribution >= 4 is 23.2 Å². The van der Waals surface area contributed by atoms with Crippen LogP contribution in [0.1, 0.15) is 11.1 Å². The summed E-state index contributed by atoms with van der Waals surface area (Å²) in [5.74, 6) is 0.107. The minimum Gasteiger partial charge on any atom is -0.482 e. The Labute approximate surface area is 127 Å². The number of aryl methyl sites for hydroxylation is 1. The van der Waals surface area contributed by atoms with E-state index in [1.54, 1.807) is 36.4 Å². The van der Waals surface area contributed by atoms with Crippen LogP contribution >= 0.6 is 11.6 Å². The highest BCUT2D eigenvalue weighted by atomic mass is 35.5. The summed E-state index contributed by atoms with van der Waals surface area (Å²) in [6.07, 6.45) is 0. The standard InChI is InChI=1S/C16H13ClN2O2/c1-11-6-7-13(17)15(8-11)21-10-16(20)19-14-5-3-2-4-12(14)9-18/h2-8H,10H2,1H3,(H,19,20). The second-order valence-electron chi connectivity index (χ2n) is 4.43. The fraction of sp³-hybridized carbons (Fsp3) is 0.125. The van der Waals surface area contributed by atoms with Gasteiger partial charge in [-0.1, -0.05) is 29.8 Å². The average Bonchev–Trinajstić information content (AvgIpc) is 2.49. The Morgan fingerprint density at radius 3 is 2.86 bits per heavy atom. The zero-order valence-electron chi connectivity index (χ0n) is 11.4. The van der Waals surface area contributed by atoms with E-state index in [2.05, 4.69) is 5.32 Å². The van der Waals surface area contributed by atoms with Gasteiger partial charge >= 0.3 is 0 Å². The molecule has 21 heavy (non-hydrogen) atoms. The van der Waals surface area contributed by atoms with Crippen molar-refractivity contribution in [2.45, 2.75) is 6.92 Å². The number of nitriles is 1. The molecular formula is C16H13ClN2O2. The number of rotatable bonds is 4. The number of nitrogens with one attached hydrogen (secondary N) is 1. The minimum atomic E-state index is -0.352. The van der Waals surface area contributed by atoms with Crippen molar-refractivity contribution in [3.63, 3.8) is 0 Å². The van der Waals surface area contributed by atoms with Crippen LogP contribution in [-0.2, 0) is 4.79 Å². The van der Waals surface area contributed by atoms with Crippen molar-refractivity contribution in [1.29, 1.82) is 5.26 Å². The Kier molecular flexibility index (Phi) is 4.81. The second-order valence-corrected chi connectivity index (χ2v) is 4.84. The van der Waals surface area contributed by atoms with Crippen LogP contribution in [-0.4, -0.2) is 12.5 Å². The van der Waals surface area contributed by atoms with Gasteiger partial charge in [-0.15, -0.1) is 0 Å². The van der Waals surface area contributed by atoms with Crippen molar-refractivity contribution in [3.8, 4) is 11.8 Å². The van der Waals surface area contributed by atoms with Crippen molar-refractivity contribution < 1.29 is 9.53 Å². The maximum absolute atomic E-state index is 11.9. The molecule has 2 aromatic rings. The van der Waals surface area contributed by atoms with Crippen LogP contribution in [0.25, 0.3) is 0 Å². The Balaban J connectivity index is 2.00. The number of amides is 1. The molecule has 106 valence electrons. The van der Waals surface area contributed by atoms with Gasteiger partial charge < -0.3 is 10.1 Å². The number of nitrogens with zero attached hydrogens (tertiary/aromatic N) is 1. The highest BCUT2D eigenvalue weighted by Gasteiger charge is 2.08. The van der Waals surface area contributed by atoms with Crippen LogP contribution in [0.2, 0.25) is 5.02 Å². The van der Waals surface area contributed by atoms with Gasteiger partial charge in [-0.05, 0) is 36.8 Å². The molecule has 0 aliphatic carbocycles. The number of para-hydroxylation sites is 1. The molecule has 4 nitrogen and oxygen atoms in total. The molecule has 0 aliphatic heterocycles. The van der Waals surface area contributed by atoms with Crippen molar-refractivity contribution in [2.75, 3.05) is 11.9 Å². The Bertz CT molecular complexity index is 708. The first-order valence-corrected chi connectivity index (χ1v) is 6.66. The van der Waals surface area contributed by atoms with Gasteiger partial charge in [-0.3, -0.25) is 4.79 Å². The molecule has 0 unspecified atom stereocenters. The smallest absolute Gasteiger partial charge is 0.262 e. The summed E-state index contributed by atoms with van der Waals surface area (Å²) in [6.45, 7) is 1.73. The third kappa shape index (κ3) is 3.98. The molecule has 0 aliphatic rings. The Hall–Kier alpha value is -2.51. The maximum atomic E-state index is 11.9. The molecule has 0 fully saturated rings. The van der Waals surface area contributed by atoms with E-state index < -0.39 is 0 Å². The number of carbonyl (C=O) groups is 1. The van der Waals surface area contributed by atoms with Crippen LogP contribution < -0.4 is 10.1 Å². The Morgan fingerprint density at radius 2 is 2.10 bits per heavy atom. The SMILES string of the molecule is Cc1ccc(Cl)c(OCC(=O)Nc2ccccc2C#N)c1. The van der Waals surface area contributed by atoms with Gasteiger partial charge in [0.1, 0.15) is 11.8 Å². The van der Waals surface area contributed by atoms with Gasteiger partial charge in [0.2, 0.25) is 0 Å². The lowest BCUT2D eigenvalue weighted by Crippen LogP contribution is -2.20. The molecule has 0 atom stereocenters. The summed E-state index contributed by atoms with van der Waals surface area (Å²) >= 11 is 5.99. The van der Waals surface area contributed by atoms with Gasteiger partial charge in [0.15, 0.2) is 6.61 Å². The summed E-state index contributed by atoms with van der Waals surface area (Å²) in [5.41, 5.74) is 1.85. The lowest BCUT2D eigenvalue weighted by atomic mass is 10.2. The van der Waals surface area contributed by atoms with E-state index in [0.29, 0.717) is 22.0 Å². The molecule has 0 bridgehead atoms. The van der Waals surface area contributed by atoms with Crippen LogP contribution in [0, 0.1) is 18.3 Å². The minimum absolute atomic E-state index is 0.178. The lowest BCUT2D eigenvalue weighted by molar-refractivity contribution is -0.118. The average molecular weight is 301 g/mol. The molecular weight excluding hydrogens is 288 g/mol. The molecule has 0 saturated heterocycles. The van der Waals surface area contributed by atoms with Gasteiger partial charge in [-0.25, -0.2) is 0 Å². The number of carbonyl (C=O) groups excluding carboxylic acids is 1. The predicted molar refractivity (Wildman–Crippen MR) is 81.5 cm³/mol. The van der Waals surface area contributed by atoms with E-state index in [1.165, 1.54) is 0 Å². The first-order chi connectivity index (χ1) is 10.1. The summed E-state index contributed by atoms with van der Waals surface area (Å²) in [6, 6.07) is 14.1. The van der Waals surface area contributed by atoms with E-state index in [-0.39, 0.29) is 12.5 Å². The zero-order chi connectivity index (χ0) is 15.2. The second kappa shape index (κ2) is 6.78. The van der Waals surface area contributed by atoms with Gasteiger partial charge in [0.05, 0.1) is 16.3 Å². The molecule has 1 amide bonds. The normalized spacial score (nSPS) is 9.76. The van der Waals surface area contributed by atoms with Crippen LogP contribution in [0.5, 0.6) is 5.75 Å². The molecule has 0 saturated carbocycles. The molecule has 2 rings (SSSR count). The maximum Gasteiger partial charge on any atom is 0.262 e. The van der Waals surface area contributed by atoms with Gasteiger partial charge in [-0.2, -0.15) is 5.26 Å². The largest absolute Gasteiger partial charge is 0.482 e. The molecule has 0 aromatic heterocycles. The topological polar surface area (TPSA) is 62.1 Å². The number of benzene rings is 2. The first kappa shape index (κ1) is 14.9. The number of halogens is 1. The third-order valence-electron chi connectivity index (χ3n) is 2.77. The Morgan fingerprint density at radius 1 is 1.33 bits per heavy atom. The van der Waals surface area contributed by atoms with Crippen LogP contribution in [0.15, 0.2) is 42.5 Å². The highest BCUT2D eigenvalue weighted by Crippen LogP contribution is 2.25. The quantitative estimate of drug-likeness (QED) is 0.939. The molecule has 0 spiro atoms. The zero-order valence-corrected chi connectivity index (χ0v) is 12.1. The summed E-state index contributed by atoms with van der Waals surface area (Å²) < 4.78 is 5.40. The van der Waals surface area contributed by atoms with Crippen LogP contribution in [0.4, 0.5) is 5.69 Å². The fourth-order valence-corrected chi connectivity index (χ4v) is 1.91. The highest BCUT2D eigenvalue weighted by molar-refractivity contribution is 6.32. The fourth-order valence-electron chi connectivity index (χ4n) is 1.74. The van der Waals surface area contributed by atoms with Crippen molar-refractivity contribution in [1.82, 2.24) is 0 Å². The van der Waals surface area contributed by atoms with Gasteiger partial charge in [0, 0.05) is 0 Å². The monoisotopic (exact) mass is 300 g/mol. The lowest BCUT2D eigenvalue weighted by Gasteiger charge is -2.10. The van der Waals surface area contributed by atoms with E-state index >= 15 is 0 Å². The van der Waals surface area contributed by atoms with E-state index in [4.69, 9.17) is 21.6 Å². The number of hydrogen-bond donors (Lipinski definition) is 1. The molecule has 1 N–H and O–H groups in total. The molecule has 0 radical (unpaired) electrons. The summed E-state index contributed by atoms with van der Waals surface area (Å²) in [5, 5.41) is 12.0. The summed E-state index contributed by atoms with van der Waals surface area (Å²) in [4.78, 5) is 11.9. The van der Waals surface area contributed by atoms with Crippen LogP contribution in [0.3, 0.4) is 0 Å². The number of anilines is 1. The van der Waals surface area contributed by atoms with Crippen molar-refractivity contribution in [2.24, 2.45) is 0 Å². The molecule has 5 heteroatoms. The first-order valence-electron chi connectivity index (χ1n) is 6.28. The van der Waals surface area contributed by atoms with E-state index in [0.717, 1.165) is 5.56 Å². The van der Waals surface area contributed by atoms with E-state index in [1.807, 2.05) is 19.1 Å². The van der Waals surface area contributed by atoms with E-state index in [9.17, 15) is 4.79 Å². The van der Waals surface area contributed by atoms with Gasteiger partial charge in [0.25, 0.3) is 5.91 Å². The number of ether oxygens (including phenoxy) is 1. The molecule has 0 heterocycles.